The molecule has 0 atom stereocenters. The number of hydrogen-bond acceptors (Lipinski definition) is 4. The molecular weight excluding hydrogens is 366 g/mol. The second-order valence-corrected chi connectivity index (χ2v) is 7.51. The van der Waals surface area contributed by atoms with Crippen LogP contribution in [0, 0.1) is 16.2 Å². The van der Waals surface area contributed by atoms with Crippen LogP contribution in [0.15, 0.2) is 42.5 Å². The van der Waals surface area contributed by atoms with Gasteiger partial charge in [-0.3, -0.25) is 20.3 Å². The van der Waals surface area contributed by atoms with Crippen molar-refractivity contribution in [1.82, 2.24) is 10.4 Å². The fraction of sp³-hybridized carbons (Fsp3) is 0.348. The molecule has 0 aliphatic carbocycles. The van der Waals surface area contributed by atoms with E-state index in [1.807, 2.05) is 29.3 Å². The van der Waals surface area contributed by atoms with Gasteiger partial charge in [-0.15, -0.1) is 0 Å². The first-order chi connectivity index (χ1) is 14.0. The normalized spacial score (nSPS) is 15.0. The molecule has 1 aliphatic rings. The minimum atomic E-state index is -0.419. The standard InChI is InChI=1S/C23H26N3O3/c1-17(2)19-10-4-5-11-20(19)23-18(9-8-12-21(23)26(28)29)13-14-22(27)24-25-15-6-3-7-16-25/h4-5,8-11,13-14,17H,3,6-7,15-16H2,1-2H3,(H,24,27)/b14-13+. The third kappa shape index (κ3) is 5.09. The van der Waals surface area contributed by atoms with Gasteiger partial charge in [0.25, 0.3) is 11.6 Å². The van der Waals surface area contributed by atoms with E-state index in [0.29, 0.717) is 11.1 Å². The average molecular weight is 392 g/mol. The number of carbonyl (C=O) groups excluding carboxylic acids is 1. The number of nitro groups is 1. The van der Waals surface area contributed by atoms with Crippen molar-refractivity contribution in [3.63, 3.8) is 0 Å². The van der Waals surface area contributed by atoms with E-state index < -0.39 is 4.92 Å². The number of hydrazine groups is 1. The molecule has 1 fully saturated rings. The van der Waals surface area contributed by atoms with Gasteiger partial charge < -0.3 is 0 Å². The Morgan fingerprint density at radius 1 is 1.21 bits per heavy atom. The number of benzene rings is 2. The lowest BCUT2D eigenvalue weighted by Crippen LogP contribution is -2.44. The number of piperidine rings is 1. The van der Waals surface area contributed by atoms with Crippen molar-refractivity contribution in [3.8, 4) is 11.1 Å². The highest BCUT2D eigenvalue weighted by atomic mass is 16.6. The minimum Gasteiger partial charge on any atom is -0.285 e. The van der Waals surface area contributed by atoms with E-state index in [4.69, 9.17) is 0 Å². The molecule has 0 saturated carbocycles. The summed E-state index contributed by atoms with van der Waals surface area (Å²) >= 11 is 0. The number of nitro benzene ring substituents is 1. The van der Waals surface area contributed by atoms with E-state index in [0.717, 1.165) is 37.1 Å². The molecule has 3 rings (SSSR count). The van der Waals surface area contributed by atoms with Crippen LogP contribution in [0.2, 0.25) is 0 Å². The second-order valence-electron chi connectivity index (χ2n) is 7.51. The van der Waals surface area contributed by atoms with Crippen molar-refractivity contribution in [2.45, 2.75) is 39.0 Å². The zero-order chi connectivity index (χ0) is 20.8. The summed E-state index contributed by atoms with van der Waals surface area (Å²) in [5, 5.41) is 13.6. The lowest BCUT2D eigenvalue weighted by Gasteiger charge is -2.26. The van der Waals surface area contributed by atoms with Gasteiger partial charge in [0.05, 0.1) is 16.6 Å². The Kier molecular flexibility index (Phi) is 6.77. The van der Waals surface area contributed by atoms with E-state index in [-0.39, 0.29) is 17.5 Å². The topological polar surface area (TPSA) is 75.5 Å². The van der Waals surface area contributed by atoms with Crippen molar-refractivity contribution in [3.05, 3.63) is 69.8 Å². The van der Waals surface area contributed by atoms with Crippen LogP contribution in [-0.4, -0.2) is 28.9 Å². The lowest BCUT2D eigenvalue weighted by molar-refractivity contribution is -0.384. The Balaban J connectivity index is 1.96. The first-order valence-corrected chi connectivity index (χ1v) is 9.99. The Bertz CT molecular complexity index is 915. The molecule has 1 saturated heterocycles. The maximum Gasteiger partial charge on any atom is 0.285 e. The van der Waals surface area contributed by atoms with E-state index in [1.54, 1.807) is 12.1 Å². The SMILES string of the molecule is CC(C)c1ccccc1-c1c([N+](=O)[O-])[c]ccc1/C=C/C(=O)NN1CCCCC1. The Morgan fingerprint density at radius 3 is 2.62 bits per heavy atom. The molecule has 6 nitrogen and oxygen atoms in total. The first kappa shape index (κ1) is 20.7. The molecule has 0 aromatic heterocycles. The number of nitrogens with one attached hydrogen (secondary N) is 1. The minimum absolute atomic E-state index is 0.0864. The highest BCUT2D eigenvalue weighted by molar-refractivity contribution is 5.94. The molecule has 1 aliphatic heterocycles. The zero-order valence-electron chi connectivity index (χ0n) is 16.9. The van der Waals surface area contributed by atoms with E-state index in [9.17, 15) is 14.9 Å². The monoisotopic (exact) mass is 392 g/mol. The summed E-state index contributed by atoms with van der Waals surface area (Å²) < 4.78 is 0. The van der Waals surface area contributed by atoms with E-state index in [1.165, 1.54) is 18.6 Å². The van der Waals surface area contributed by atoms with Gasteiger partial charge in [-0.25, -0.2) is 5.01 Å². The van der Waals surface area contributed by atoms with Crippen LogP contribution in [0.5, 0.6) is 0 Å². The number of rotatable bonds is 6. The van der Waals surface area contributed by atoms with Crippen molar-refractivity contribution in [1.29, 1.82) is 0 Å². The predicted octanol–water partition coefficient (Wildman–Crippen LogP) is 4.72. The Hall–Kier alpha value is -2.99. The first-order valence-electron chi connectivity index (χ1n) is 9.99. The summed E-state index contributed by atoms with van der Waals surface area (Å²) in [6, 6.07) is 13.7. The summed E-state index contributed by atoms with van der Waals surface area (Å²) in [6.45, 7) is 5.80. The molecule has 0 unspecified atom stereocenters. The number of hydrogen-bond donors (Lipinski definition) is 1. The second kappa shape index (κ2) is 9.47. The predicted molar refractivity (Wildman–Crippen MR) is 114 cm³/mol. The van der Waals surface area contributed by atoms with Gasteiger partial charge >= 0.3 is 0 Å². The highest BCUT2D eigenvalue weighted by Crippen LogP contribution is 2.38. The summed E-state index contributed by atoms with van der Waals surface area (Å²) in [5.74, 6) is -0.0317. The van der Waals surface area contributed by atoms with Gasteiger partial charge in [0.2, 0.25) is 0 Å². The number of nitrogens with zero attached hydrogens (tertiary/aromatic N) is 2. The molecular formula is C23H26N3O3. The van der Waals surface area contributed by atoms with Gasteiger partial charge in [0.15, 0.2) is 0 Å². The van der Waals surface area contributed by atoms with Crippen LogP contribution in [0.3, 0.4) is 0 Å². The molecule has 6 heteroatoms. The van der Waals surface area contributed by atoms with E-state index >= 15 is 0 Å². The fourth-order valence-corrected chi connectivity index (χ4v) is 3.66. The quantitative estimate of drug-likeness (QED) is 0.439. The molecule has 1 radical (unpaired) electrons. The smallest absolute Gasteiger partial charge is 0.285 e. The largest absolute Gasteiger partial charge is 0.285 e. The third-order valence-corrected chi connectivity index (χ3v) is 5.08. The van der Waals surface area contributed by atoms with Crippen LogP contribution in [0.1, 0.15) is 50.2 Å². The summed E-state index contributed by atoms with van der Waals surface area (Å²) in [7, 11) is 0. The van der Waals surface area contributed by atoms with Crippen LogP contribution in [0.25, 0.3) is 17.2 Å². The Labute approximate surface area is 171 Å². The summed E-state index contributed by atoms with van der Waals surface area (Å²) in [4.78, 5) is 23.6. The molecule has 2 aromatic carbocycles. The maximum absolute atomic E-state index is 12.3. The van der Waals surface area contributed by atoms with Crippen LogP contribution >= 0.6 is 0 Å². The summed E-state index contributed by atoms with van der Waals surface area (Å²) in [6.07, 6.45) is 6.41. The molecule has 1 N–H and O–H groups in total. The Morgan fingerprint density at radius 2 is 1.93 bits per heavy atom. The number of amides is 1. The van der Waals surface area contributed by atoms with Crippen molar-refractivity contribution in [2.75, 3.05) is 13.1 Å². The molecule has 0 bridgehead atoms. The number of carbonyl (C=O) groups is 1. The van der Waals surface area contributed by atoms with Gasteiger partial charge in [0.1, 0.15) is 0 Å². The zero-order valence-corrected chi connectivity index (χ0v) is 16.9. The van der Waals surface area contributed by atoms with Gasteiger partial charge in [0, 0.05) is 19.2 Å². The van der Waals surface area contributed by atoms with Crippen LogP contribution in [-0.2, 0) is 4.79 Å². The van der Waals surface area contributed by atoms with Gasteiger partial charge in [-0.1, -0.05) is 50.6 Å². The van der Waals surface area contributed by atoms with Crippen LogP contribution < -0.4 is 5.43 Å². The lowest BCUT2D eigenvalue weighted by atomic mass is 9.89. The van der Waals surface area contributed by atoms with E-state index in [2.05, 4.69) is 25.3 Å². The van der Waals surface area contributed by atoms with Gasteiger partial charge in [-0.05, 0) is 47.6 Å². The molecule has 2 aromatic rings. The molecule has 1 heterocycles. The average Bonchev–Trinajstić information content (AvgIpc) is 2.72. The molecule has 151 valence electrons. The fourth-order valence-electron chi connectivity index (χ4n) is 3.66. The van der Waals surface area contributed by atoms with Crippen molar-refractivity contribution < 1.29 is 9.72 Å². The third-order valence-electron chi connectivity index (χ3n) is 5.08. The van der Waals surface area contributed by atoms with Crippen molar-refractivity contribution >= 4 is 17.7 Å². The summed E-state index contributed by atoms with van der Waals surface area (Å²) in [5.41, 5.74) is 5.72. The molecule has 0 spiro atoms. The van der Waals surface area contributed by atoms with Crippen LogP contribution in [0.4, 0.5) is 5.69 Å². The van der Waals surface area contributed by atoms with Crippen molar-refractivity contribution in [2.24, 2.45) is 0 Å². The molecule has 29 heavy (non-hydrogen) atoms. The maximum atomic E-state index is 12.3. The molecule has 1 amide bonds. The highest BCUT2D eigenvalue weighted by Gasteiger charge is 2.21. The van der Waals surface area contributed by atoms with Gasteiger partial charge in [-0.2, -0.15) is 0 Å².